The lowest BCUT2D eigenvalue weighted by Gasteiger charge is -2.06. The molecule has 7 heteroatoms. The van der Waals surface area contributed by atoms with Crippen LogP contribution in [0.4, 0.5) is 5.00 Å². The molecule has 1 heterocycles. The molecule has 0 aliphatic heterocycles. The summed E-state index contributed by atoms with van der Waals surface area (Å²) < 4.78 is 0. The van der Waals surface area contributed by atoms with Gasteiger partial charge in [0.15, 0.2) is 0 Å². The van der Waals surface area contributed by atoms with Crippen LogP contribution in [0.25, 0.3) is 0 Å². The van der Waals surface area contributed by atoms with Gasteiger partial charge in [-0.15, -0.1) is 11.3 Å². The molecule has 104 valence electrons. The Hall–Kier alpha value is -1.56. The summed E-state index contributed by atoms with van der Waals surface area (Å²) >= 11 is 12.9. The van der Waals surface area contributed by atoms with Crippen molar-refractivity contribution in [3.63, 3.8) is 0 Å². The van der Waals surface area contributed by atoms with Crippen molar-refractivity contribution < 1.29 is 14.7 Å². The first kappa shape index (κ1) is 14.8. The van der Waals surface area contributed by atoms with E-state index in [1.807, 2.05) is 0 Å². The van der Waals surface area contributed by atoms with E-state index in [4.69, 9.17) is 28.3 Å². The summed E-state index contributed by atoms with van der Waals surface area (Å²) in [5.41, 5.74) is 0.752. The molecule has 2 rings (SSSR count). The van der Waals surface area contributed by atoms with Crippen LogP contribution >= 0.6 is 34.5 Å². The van der Waals surface area contributed by atoms with Gasteiger partial charge in [-0.3, -0.25) is 4.79 Å². The van der Waals surface area contributed by atoms with Gasteiger partial charge in [0.25, 0.3) is 5.91 Å². The predicted octanol–water partition coefficient (Wildman–Crippen LogP) is 4.31. The second-order valence-corrected chi connectivity index (χ2v) is 5.85. The van der Waals surface area contributed by atoms with Gasteiger partial charge in [-0.2, -0.15) is 0 Å². The third-order valence-corrected chi connectivity index (χ3v) is 4.31. The zero-order chi connectivity index (χ0) is 14.9. The Morgan fingerprint density at radius 3 is 2.35 bits per heavy atom. The minimum atomic E-state index is -1.02. The quantitative estimate of drug-likeness (QED) is 0.881. The summed E-state index contributed by atoms with van der Waals surface area (Å²) in [6, 6.07) is 6.35. The number of amides is 1. The van der Waals surface area contributed by atoms with Gasteiger partial charge >= 0.3 is 5.97 Å². The highest BCUT2D eigenvalue weighted by molar-refractivity contribution is 7.18. The van der Waals surface area contributed by atoms with E-state index in [2.05, 4.69) is 5.32 Å². The molecule has 1 amide bonds. The van der Waals surface area contributed by atoms with Gasteiger partial charge in [-0.1, -0.05) is 29.3 Å². The summed E-state index contributed by atoms with van der Waals surface area (Å²) in [7, 11) is 0. The third kappa shape index (κ3) is 2.95. The van der Waals surface area contributed by atoms with Crippen LogP contribution in [-0.2, 0) is 0 Å². The number of carbonyl (C=O) groups is 2. The van der Waals surface area contributed by atoms with Gasteiger partial charge in [0.05, 0.1) is 20.6 Å². The number of halogens is 2. The molecule has 0 radical (unpaired) electrons. The number of anilines is 1. The molecule has 0 saturated carbocycles. The van der Waals surface area contributed by atoms with Crippen molar-refractivity contribution >= 4 is 51.4 Å². The van der Waals surface area contributed by atoms with Crippen LogP contribution in [0.15, 0.2) is 24.3 Å². The zero-order valence-electron chi connectivity index (χ0n) is 10.2. The topological polar surface area (TPSA) is 66.4 Å². The van der Waals surface area contributed by atoms with Crippen molar-refractivity contribution in [1.82, 2.24) is 0 Å². The zero-order valence-corrected chi connectivity index (χ0v) is 12.6. The summed E-state index contributed by atoms with van der Waals surface area (Å²) in [6.45, 7) is 1.66. The average Bonchev–Trinajstić information content (AvgIpc) is 2.70. The van der Waals surface area contributed by atoms with Crippen LogP contribution < -0.4 is 5.32 Å². The molecule has 0 aliphatic carbocycles. The van der Waals surface area contributed by atoms with E-state index in [-0.39, 0.29) is 20.5 Å². The highest BCUT2D eigenvalue weighted by Crippen LogP contribution is 2.29. The van der Waals surface area contributed by atoms with Gasteiger partial charge < -0.3 is 10.4 Å². The fourth-order valence-electron chi connectivity index (χ4n) is 1.65. The molecule has 0 aliphatic rings. The Morgan fingerprint density at radius 2 is 1.85 bits per heavy atom. The number of aromatic carboxylic acids is 1. The maximum atomic E-state index is 12.1. The van der Waals surface area contributed by atoms with Crippen molar-refractivity contribution in [3.05, 3.63) is 50.3 Å². The van der Waals surface area contributed by atoms with Crippen LogP contribution in [0.5, 0.6) is 0 Å². The number of aryl methyl sites for hydroxylation is 1. The van der Waals surface area contributed by atoms with Gasteiger partial charge in [-0.05, 0) is 30.7 Å². The second-order valence-electron chi connectivity index (χ2n) is 3.98. The van der Waals surface area contributed by atoms with E-state index in [1.165, 1.54) is 0 Å². The van der Waals surface area contributed by atoms with Crippen molar-refractivity contribution in [2.24, 2.45) is 0 Å². The van der Waals surface area contributed by atoms with Gasteiger partial charge in [0.2, 0.25) is 0 Å². The molecule has 4 nitrogen and oxygen atoms in total. The summed E-state index contributed by atoms with van der Waals surface area (Å²) in [5, 5.41) is 12.5. The smallest absolute Gasteiger partial charge is 0.346 e. The van der Waals surface area contributed by atoms with Crippen LogP contribution in [0.3, 0.4) is 0 Å². The van der Waals surface area contributed by atoms with E-state index in [0.29, 0.717) is 10.6 Å². The van der Waals surface area contributed by atoms with Crippen LogP contribution in [-0.4, -0.2) is 17.0 Å². The highest BCUT2D eigenvalue weighted by atomic mass is 35.5. The molecular weight excluding hydrogens is 321 g/mol. The Morgan fingerprint density at radius 1 is 1.25 bits per heavy atom. The SMILES string of the molecule is Cc1cc(NC(=O)c2c(Cl)cccc2Cl)sc1C(=O)O. The molecule has 0 fully saturated rings. The van der Waals surface area contributed by atoms with Crippen LogP contribution in [0.2, 0.25) is 10.0 Å². The number of carboxylic acid groups (broad SMARTS) is 1. The number of nitrogens with one attached hydrogen (secondary N) is 1. The maximum Gasteiger partial charge on any atom is 0.346 e. The third-order valence-electron chi connectivity index (χ3n) is 2.54. The first-order valence-corrected chi connectivity index (χ1v) is 7.06. The summed E-state index contributed by atoms with van der Waals surface area (Å²) in [6.07, 6.45) is 0. The Labute approximate surface area is 128 Å². The fraction of sp³-hybridized carbons (Fsp3) is 0.0769. The second kappa shape index (κ2) is 5.83. The minimum Gasteiger partial charge on any atom is -0.477 e. The number of carbonyl (C=O) groups excluding carboxylic acids is 1. The summed E-state index contributed by atoms with van der Waals surface area (Å²) in [4.78, 5) is 23.3. The molecule has 1 aromatic heterocycles. The molecular formula is C13H9Cl2NO3S. The van der Waals surface area contributed by atoms with E-state index in [9.17, 15) is 9.59 Å². The Bertz CT molecular complexity index is 677. The number of hydrogen-bond donors (Lipinski definition) is 2. The van der Waals surface area contributed by atoms with E-state index >= 15 is 0 Å². The van der Waals surface area contributed by atoms with Crippen LogP contribution in [0.1, 0.15) is 25.6 Å². The summed E-state index contributed by atoms with van der Waals surface area (Å²) in [5.74, 6) is -1.50. The Kier molecular flexibility index (Phi) is 4.32. The molecule has 20 heavy (non-hydrogen) atoms. The number of thiophene rings is 1. The molecule has 0 atom stereocenters. The van der Waals surface area contributed by atoms with Crippen molar-refractivity contribution in [2.45, 2.75) is 6.92 Å². The first-order chi connectivity index (χ1) is 9.40. The van der Waals surface area contributed by atoms with E-state index in [1.54, 1.807) is 31.2 Å². The van der Waals surface area contributed by atoms with E-state index in [0.717, 1.165) is 11.3 Å². The van der Waals surface area contributed by atoms with E-state index < -0.39 is 11.9 Å². The maximum absolute atomic E-state index is 12.1. The molecule has 2 N–H and O–H groups in total. The number of benzene rings is 1. The lowest BCUT2D eigenvalue weighted by atomic mass is 10.2. The normalized spacial score (nSPS) is 10.3. The Balaban J connectivity index is 2.28. The molecule has 1 aromatic carbocycles. The first-order valence-electron chi connectivity index (χ1n) is 5.49. The fourth-order valence-corrected chi connectivity index (χ4v) is 3.12. The minimum absolute atomic E-state index is 0.166. The van der Waals surface area contributed by atoms with Crippen molar-refractivity contribution in [2.75, 3.05) is 5.32 Å². The predicted molar refractivity (Wildman–Crippen MR) is 80.4 cm³/mol. The van der Waals surface area contributed by atoms with Gasteiger partial charge in [0, 0.05) is 0 Å². The monoisotopic (exact) mass is 329 g/mol. The molecule has 0 unspecified atom stereocenters. The van der Waals surface area contributed by atoms with Crippen molar-refractivity contribution in [3.8, 4) is 0 Å². The van der Waals surface area contributed by atoms with Crippen LogP contribution in [0, 0.1) is 6.92 Å². The highest BCUT2D eigenvalue weighted by Gasteiger charge is 2.17. The molecule has 0 saturated heterocycles. The standard InChI is InChI=1S/C13H9Cl2NO3S/c1-6-5-9(20-11(6)13(18)19)16-12(17)10-7(14)3-2-4-8(10)15/h2-5H,1H3,(H,16,17)(H,18,19). The lowest BCUT2D eigenvalue weighted by Crippen LogP contribution is -2.12. The molecule has 0 bridgehead atoms. The molecule has 0 spiro atoms. The largest absolute Gasteiger partial charge is 0.477 e. The van der Waals surface area contributed by atoms with Gasteiger partial charge in [-0.25, -0.2) is 4.79 Å². The lowest BCUT2D eigenvalue weighted by molar-refractivity contribution is 0.0701. The molecule has 2 aromatic rings. The number of rotatable bonds is 3. The average molecular weight is 330 g/mol. The number of carboxylic acids is 1. The van der Waals surface area contributed by atoms with Crippen molar-refractivity contribution in [1.29, 1.82) is 0 Å². The number of hydrogen-bond acceptors (Lipinski definition) is 3. The van der Waals surface area contributed by atoms with Gasteiger partial charge in [0.1, 0.15) is 4.88 Å².